The summed E-state index contributed by atoms with van der Waals surface area (Å²) in [6.07, 6.45) is -2.91. The lowest BCUT2D eigenvalue weighted by molar-refractivity contribution is -0.138. The Hall–Kier alpha value is -3.20. The maximum absolute atomic E-state index is 13.2. The number of rotatable bonds is 3. The minimum absolute atomic E-state index is 0.165. The molecule has 1 amide bonds. The third-order valence-electron chi connectivity index (χ3n) is 5.45. The predicted octanol–water partition coefficient (Wildman–Crippen LogP) is 2.98. The number of amides is 1. The second-order valence-corrected chi connectivity index (χ2v) is 7.58. The summed E-state index contributed by atoms with van der Waals surface area (Å²) in [5.74, 6) is -0.620. The minimum atomic E-state index is -4.58. The van der Waals surface area contributed by atoms with E-state index in [1.54, 1.807) is 12.3 Å². The van der Waals surface area contributed by atoms with Crippen molar-refractivity contribution in [1.82, 2.24) is 19.2 Å². The molecule has 0 aliphatic carbocycles. The SMILES string of the molecule is Cc1cccn2c(=O)cc(CN3CCN(C(=O)c4ccccc4C(F)(F)F)CC3)nc12. The number of alkyl halides is 3. The molecule has 0 unspecified atom stereocenters. The summed E-state index contributed by atoms with van der Waals surface area (Å²) in [4.78, 5) is 33.1. The number of piperazine rings is 1. The zero-order valence-electron chi connectivity index (χ0n) is 16.9. The molecule has 0 bridgehead atoms. The zero-order chi connectivity index (χ0) is 22.2. The van der Waals surface area contributed by atoms with E-state index in [1.807, 2.05) is 17.9 Å². The number of pyridine rings is 1. The minimum Gasteiger partial charge on any atom is -0.336 e. The summed E-state index contributed by atoms with van der Waals surface area (Å²) in [5, 5.41) is 0. The van der Waals surface area contributed by atoms with E-state index < -0.39 is 17.6 Å². The van der Waals surface area contributed by atoms with Gasteiger partial charge in [0.25, 0.3) is 11.5 Å². The molecule has 3 aromatic rings. The van der Waals surface area contributed by atoms with Crippen molar-refractivity contribution in [3.05, 3.63) is 81.4 Å². The van der Waals surface area contributed by atoms with Gasteiger partial charge in [-0.15, -0.1) is 0 Å². The van der Waals surface area contributed by atoms with Gasteiger partial charge in [-0.3, -0.25) is 18.9 Å². The fraction of sp³-hybridized carbons (Fsp3) is 0.318. The van der Waals surface area contributed by atoms with E-state index >= 15 is 0 Å². The van der Waals surface area contributed by atoms with Crippen LogP contribution in [0.2, 0.25) is 0 Å². The molecule has 0 N–H and O–H groups in total. The number of halogens is 3. The van der Waals surface area contributed by atoms with Crippen molar-refractivity contribution in [2.45, 2.75) is 19.6 Å². The van der Waals surface area contributed by atoms with Crippen molar-refractivity contribution in [2.75, 3.05) is 26.2 Å². The average Bonchev–Trinajstić information content (AvgIpc) is 2.74. The molecule has 162 valence electrons. The third kappa shape index (κ3) is 4.32. The molecule has 3 heterocycles. The highest BCUT2D eigenvalue weighted by atomic mass is 19.4. The van der Waals surface area contributed by atoms with Crippen LogP contribution in [0.4, 0.5) is 13.2 Å². The first-order valence-electron chi connectivity index (χ1n) is 9.90. The summed E-state index contributed by atoms with van der Waals surface area (Å²) < 4.78 is 41.2. The Morgan fingerprint density at radius 1 is 1.06 bits per heavy atom. The van der Waals surface area contributed by atoms with Crippen LogP contribution in [0, 0.1) is 6.92 Å². The fourth-order valence-electron chi connectivity index (χ4n) is 3.82. The third-order valence-corrected chi connectivity index (χ3v) is 5.45. The van der Waals surface area contributed by atoms with Gasteiger partial charge in [-0.1, -0.05) is 18.2 Å². The van der Waals surface area contributed by atoms with Crippen LogP contribution in [-0.4, -0.2) is 51.3 Å². The largest absolute Gasteiger partial charge is 0.417 e. The Morgan fingerprint density at radius 2 is 1.77 bits per heavy atom. The monoisotopic (exact) mass is 430 g/mol. The molecule has 2 aromatic heterocycles. The van der Waals surface area contributed by atoms with E-state index in [-0.39, 0.29) is 11.1 Å². The van der Waals surface area contributed by atoms with Crippen LogP contribution in [0.25, 0.3) is 5.65 Å². The maximum atomic E-state index is 13.2. The van der Waals surface area contributed by atoms with Gasteiger partial charge < -0.3 is 4.90 Å². The van der Waals surface area contributed by atoms with Gasteiger partial charge in [-0.05, 0) is 30.7 Å². The number of carbonyl (C=O) groups is 1. The molecule has 0 radical (unpaired) electrons. The molecule has 0 atom stereocenters. The van der Waals surface area contributed by atoms with Crippen LogP contribution in [0.5, 0.6) is 0 Å². The molecule has 1 aromatic carbocycles. The van der Waals surface area contributed by atoms with Gasteiger partial charge in [0.15, 0.2) is 0 Å². The zero-order valence-corrected chi connectivity index (χ0v) is 16.9. The Balaban J connectivity index is 1.45. The van der Waals surface area contributed by atoms with Crippen molar-refractivity contribution < 1.29 is 18.0 Å². The Morgan fingerprint density at radius 3 is 2.48 bits per heavy atom. The topological polar surface area (TPSA) is 57.9 Å². The van der Waals surface area contributed by atoms with E-state index in [9.17, 15) is 22.8 Å². The molecule has 6 nitrogen and oxygen atoms in total. The van der Waals surface area contributed by atoms with E-state index in [4.69, 9.17) is 0 Å². The number of aryl methyl sites for hydroxylation is 1. The molecule has 9 heteroatoms. The molecule has 0 saturated carbocycles. The van der Waals surface area contributed by atoms with Gasteiger partial charge in [-0.25, -0.2) is 4.98 Å². The van der Waals surface area contributed by atoms with Crippen LogP contribution < -0.4 is 5.56 Å². The number of nitrogens with zero attached hydrogens (tertiary/aromatic N) is 4. The Labute approximate surface area is 176 Å². The van der Waals surface area contributed by atoms with Gasteiger partial charge >= 0.3 is 6.18 Å². The summed E-state index contributed by atoms with van der Waals surface area (Å²) in [5.41, 5.74) is 0.701. The summed E-state index contributed by atoms with van der Waals surface area (Å²) in [6, 6.07) is 10.0. The van der Waals surface area contributed by atoms with Crippen molar-refractivity contribution in [3.8, 4) is 0 Å². The quantitative estimate of drug-likeness (QED) is 0.641. The van der Waals surface area contributed by atoms with E-state index in [0.717, 1.165) is 11.6 Å². The summed E-state index contributed by atoms with van der Waals surface area (Å²) in [6.45, 7) is 3.88. The van der Waals surface area contributed by atoms with Crippen LogP contribution in [0.3, 0.4) is 0 Å². The lowest BCUT2D eigenvalue weighted by atomic mass is 10.1. The number of benzene rings is 1. The normalized spacial score (nSPS) is 15.4. The fourth-order valence-corrected chi connectivity index (χ4v) is 3.82. The lowest BCUT2D eigenvalue weighted by Crippen LogP contribution is -2.48. The molecular weight excluding hydrogens is 409 g/mol. The van der Waals surface area contributed by atoms with Gasteiger partial charge in [0.05, 0.1) is 16.8 Å². The number of fused-ring (bicyclic) bond motifs is 1. The molecule has 1 aliphatic rings. The van der Waals surface area contributed by atoms with Crippen LogP contribution in [-0.2, 0) is 12.7 Å². The lowest BCUT2D eigenvalue weighted by Gasteiger charge is -2.35. The number of hydrogen-bond acceptors (Lipinski definition) is 4. The number of carbonyl (C=O) groups excluding carboxylic acids is 1. The smallest absolute Gasteiger partial charge is 0.336 e. The molecule has 1 aliphatic heterocycles. The van der Waals surface area contributed by atoms with Crippen molar-refractivity contribution >= 4 is 11.6 Å². The van der Waals surface area contributed by atoms with E-state index in [2.05, 4.69) is 4.98 Å². The first-order chi connectivity index (χ1) is 14.7. The average molecular weight is 430 g/mol. The first kappa shape index (κ1) is 21.0. The molecule has 1 saturated heterocycles. The molecular formula is C22H21F3N4O2. The standard InChI is InChI=1S/C22H21F3N4O2/c1-15-5-4-8-29-19(30)13-16(26-20(15)29)14-27-9-11-28(12-10-27)21(31)17-6-2-3-7-18(17)22(23,24)25/h2-8,13H,9-12,14H2,1H3. The van der Waals surface area contributed by atoms with Gasteiger partial charge in [0, 0.05) is 45.0 Å². The Kier molecular flexibility index (Phi) is 5.53. The van der Waals surface area contributed by atoms with Gasteiger partial charge in [-0.2, -0.15) is 13.2 Å². The van der Waals surface area contributed by atoms with Gasteiger partial charge in [0.1, 0.15) is 5.65 Å². The highest BCUT2D eigenvalue weighted by Gasteiger charge is 2.36. The predicted molar refractivity (Wildman–Crippen MR) is 109 cm³/mol. The van der Waals surface area contributed by atoms with Crippen molar-refractivity contribution in [3.63, 3.8) is 0 Å². The first-order valence-corrected chi connectivity index (χ1v) is 9.90. The molecule has 4 rings (SSSR count). The maximum Gasteiger partial charge on any atom is 0.417 e. The van der Waals surface area contributed by atoms with Gasteiger partial charge in [0.2, 0.25) is 0 Å². The van der Waals surface area contributed by atoms with Crippen LogP contribution in [0.1, 0.15) is 27.2 Å². The molecule has 1 fully saturated rings. The van der Waals surface area contributed by atoms with Crippen LogP contribution >= 0.6 is 0 Å². The molecule has 0 spiro atoms. The number of aromatic nitrogens is 2. The molecule has 31 heavy (non-hydrogen) atoms. The Bertz CT molecular complexity index is 1180. The van der Waals surface area contributed by atoms with Crippen LogP contribution in [0.15, 0.2) is 53.5 Å². The second kappa shape index (κ2) is 8.14. The van der Waals surface area contributed by atoms with E-state index in [0.29, 0.717) is 44.1 Å². The highest BCUT2D eigenvalue weighted by Crippen LogP contribution is 2.32. The van der Waals surface area contributed by atoms with Crippen molar-refractivity contribution in [1.29, 1.82) is 0 Å². The van der Waals surface area contributed by atoms with E-state index in [1.165, 1.54) is 33.6 Å². The summed E-state index contributed by atoms with van der Waals surface area (Å²) >= 11 is 0. The van der Waals surface area contributed by atoms with Crippen molar-refractivity contribution in [2.24, 2.45) is 0 Å². The second-order valence-electron chi connectivity index (χ2n) is 7.58. The number of hydrogen-bond donors (Lipinski definition) is 0. The summed E-state index contributed by atoms with van der Waals surface area (Å²) in [7, 11) is 0. The highest BCUT2D eigenvalue weighted by molar-refractivity contribution is 5.96.